The Hall–Kier alpha value is -1.49. The molecule has 0 spiro atoms. The number of ether oxygens (including phenoxy) is 1. The molecule has 1 aliphatic rings. The zero-order valence-corrected chi connectivity index (χ0v) is 12.1. The molecule has 4 nitrogen and oxygen atoms in total. The van der Waals surface area contributed by atoms with Crippen LogP contribution in [-0.2, 0) is 4.79 Å². The topological polar surface area (TPSA) is 41.9 Å². The number of aliphatic imine (C=N–C) groups is 1. The van der Waals surface area contributed by atoms with Crippen molar-refractivity contribution in [1.82, 2.24) is 0 Å². The molecule has 1 heterocycles. The summed E-state index contributed by atoms with van der Waals surface area (Å²) in [6.07, 6.45) is 1.06. The van der Waals surface area contributed by atoms with Crippen molar-refractivity contribution in [3.8, 4) is 5.75 Å². The number of amides is 1. The zero-order chi connectivity index (χ0) is 13.7. The predicted octanol–water partition coefficient (Wildman–Crippen LogP) is 2.93. The lowest BCUT2D eigenvalue weighted by atomic mass is 10.2. The minimum absolute atomic E-state index is 0.0414. The van der Waals surface area contributed by atoms with Crippen molar-refractivity contribution in [2.45, 2.75) is 20.3 Å². The van der Waals surface area contributed by atoms with Crippen molar-refractivity contribution in [2.24, 2.45) is 4.99 Å². The van der Waals surface area contributed by atoms with Crippen LogP contribution in [0.25, 0.3) is 0 Å². The van der Waals surface area contributed by atoms with E-state index in [0.717, 1.165) is 29.6 Å². The Morgan fingerprint density at radius 3 is 2.89 bits per heavy atom. The first-order valence-corrected chi connectivity index (χ1v) is 7.42. The standard InChI is InChI=1S/C14H18N2O2S/c1-3-18-13-8-5-4-7-12(13)16(11(2)17)14-15-9-6-10-19-14/h4-5,7-8H,3,6,9-10H2,1-2H3. The molecule has 0 radical (unpaired) electrons. The highest BCUT2D eigenvalue weighted by molar-refractivity contribution is 8.14. The van der Waals surface area contributed by atoms with Crippen LogP contribution in [0.5, 0.6) is 5.75 Å². The summed E-state index contributed by atoms with van der Waals surface area (Å²) in [5.41, 5.74) is 0.769. The van der Waals surface area contributed by atoms with Crippen LogP contribution in [0.3, 0.4) is 0 Å². The molecule has 0 saturated carbocycles. The van der Waals surface area contributed by atoms with Gasteiger partial charge in [-0.25, -0.2) is 0 Å². The number of rotatable bonds is 3. The second kappa shape index (κ2) is 6.61. The van der Waals surface area contributed by atoms with Crippen molar-refractivity contribution < 1.29 is 9.53 Å². The first-order chi connectivity index (χ1) is 9.24. The minimum Gasteiger partial charge on any atom is -0.492 e. The third-order valence-corrected chi connectivity index (χ3v) is 3.76. The Morgan fingerprint density at radius 2 is 2.26 bits per heavy atom. The summed E-state index contributed by atoms with van der Waals surface area (Å²) in [6, 6.07) is 7.58. The second-order valence-corrected chi connectivity index (χ2v) is 5.18. The summed E-state index contributed by atoms with van der Waals surface area (Å²) in [6.45, 7) is 4.84. The first-order valence-electron chi connectivity index (χ1n) is 6.43. The van der Waals surface area contributed by atoms with E-state index < -0.39 is 0 Å². The summed E-state index contributed by atoms with van der Waals surface area (Å²) in [5, 5.41) is 0.769. The Bertz CT molecular complexity index is 488. The minimum atomic E-state index is -0.0414. The van der Waals surface area contributed by atoms with Gasteiger partial charge in [-0.3, -0.25) is 14.7 Å². The van der Waals surface area contributed by atoms with Gasteiger partial charge in [0.05, 0.1) is 12.3 Å². The van der Waals surface area contributed by atoms with E-state index >= 15 is 0 Å². The highest BCUT2D eigenvalue weighted by Gasteiger charge is 2.23. The molecule has 0 aliphatic carbocycles. The third-order valence-electron chi connectivity index (χ3n) is 2.69. The Labute approximate surface area is 117 Å². The molecule has 0 aromatic heterocycles. The number of amidine groups is 1. The van der Waals surface area contributed by atoms with Gasteiger partial charge in [-0.1, -0.05) is 23.9 Å². The number of carbonyl (C=O) groups excluding carboxylic acids is 1. The normalized spacial score (nSPS) is 14.7. The monoisotopic (exact) mass is 278 g/mol. The molecule has 5 heteroatoms. The van der Waals surface area contributed by atoms with Gasteiger partial charge in [-0.2, -0.15) is 0 Å². The van der Waals surface area contributed by atoms with E-state index in [0.29, 0.717) is 12.4 Å². The van der Waals surface area contributed by atoms with Crippen molar-refractivity contribution in [1.29, 1.82) is 0 Å². The van der Waals surface area contributed by atoms with E-state index in [9.17, 15) is 4.79 Å². The fourth-order valence-corrected chi connectivity index (χ4v) is 2.91. The van der Waals surface area contributed by atoms with Crippen molar-refractivity contribution in [2.75, 3.05) is 23.8 Å². The number of hydrogen-bond acceptors (Lipinski definition) is 4. The molecule has 0 unspecified atom stereocenters. The summed E-state index contributed by atoms with van der Waals surface area (Å²) in [4.78, 5) is 18.1. The van der Waals surface area contributed by atoms with Gasteiger partial charge in [0.25, 0.3) is 0 Å². The van der Waals surface area contributed by atoms with Gasteiger partial charge < -0.3 is 4.74 Å². The molecule has 102 valence electrons. The van der Waals surface area contributed by atoms with Crippen molar-refractivity contribution in [3.63, 3.8) is 0 Å². The molecule has 0 atom stereocenters. The molecule has 0 N–H and O–H groups in total. The number of nitrogens with zero attached hydrogens (tertiary/aromatic N) is 2. The van der Waals surface area contributed by atoms with Crippen LogP contribution in [0.2, 0.25) is 0 Å². The van der Waals surface area contributed by atoms with Gasteiger partial charge in [-0.15, -0.1) is 0 Å². The molecule has 0 fully saturated rings. The summed E-state index contributed by atoms with van der Waals surface area (Å²) in [5.74, 6) is 1.67. The number of thioether (sulfide) groups is 1. The summed E-state index contributed by atoms with van der Waals surface area (Å²) in [7, 11) is 0. The highest BCUT2D eigenvalue weighted by atomic mass is 32.2. The molecular weight excluding hydrogens is 260 g/mol. The van der Waals surface area contributed by atoms with Gasteiger partial charge in [0.2, 0.25) is 5.91 Å². The second-order valence-electron chi connectivity index (χ2n) is 4.12. The summed E-state index contributed by atoms with van der Waals surface area (Å²) < 4.78 is 5.60. The predicted molar refractivity (Wildman–Crippen MR) is 80.1 cm³/mol. The van der Waals surface area contributed by atoms with Crippen molar-refractivity contribution >= 4 is 28.5 Å². The van der Waals surface area contributed by atoms with E-state index in [4.69, 9.17) is 4.74 Å². The van der Waals surface area contributed by atoms with E-state index in [1.54, 1.807) is 23.6 Å². The lowest BCUT2D eigenvalue weighted by Gasteiger charge is -2.26. The fraction of sp³-hybridized carbons (Fsp3) is 0.429. The smallest absolute Gasteiger partial charge is 0.230 e. The van der Waals surface area contributed by atoms with Crippen molar-refractivity contribution in [3.05, 3.63) is 24.3 Å². The molecule has 19 heavy (non-hydrogen) atoms. The van der Waals surface area contributed by atoms with Gasteiger partial charge in [0, 0.05) is 19.2 Å². The van der Waals surface area contributed by atoms with E-state index in [1.807, 2.05) is 31.2 Å². The molecule has 1 aromatic rings. The molecule has 0 bridgehead atoms. The first kappa shape index (κ1) is 13.9. The van der Waals surface area contributed by atoms with Gasteiger partial charge in [0.1, 0.15) is 5.75 Å². The number of hydrogen-bond donors (Lipinski definition) is 0. The van der Waals surface area contributed by atoms with Gasteiger partial charge in [-0.05, 0) is 25.5 Å². The quantitative estimate of drug-likeness (QED) is 0.853. The van der Waals surface area contributed by atoms with Gasteiger partial charge in [0.15, 0.2) is 5.17 Å². The van der Waals surface area contributed by atoms with Crippen LogP contribution in [0, 0.1) is 0 Å². The Kier molecular flexibility index (Phi) is 4.85. The number of benzene rings is 1. The maximum atomic E-state index is 12.0. The Morgan fingerprint density at radius 1 is 1.47 bits per heavy atom. The van der Waals surface area contributed by atoms with Crippen LogP contribution in [-0.4, -0.2) is 30.0 Å². The largest absolute Gasteiger partial charge is 0.492 e. The maximum Gasteiger partial charge on any atom is 0.230 e. The highest BCUT2D eigenvalue weighted by Crippen LogP contribution is 2.31. The van der Waals surface area contributed by atoms with Crippen LogP contribution in [0.15, 0.2) is 29.3 Å². The zero-order valence-electron chi connectivity index (χ0n) is 11.3. The maximum absolute atomic E-state index is 12.0. The van der Waals surface area contributed by atoms with E-state index in [1.165, 1.54) is 0 Å². The Balaban J connectivity index is 2.39. The average molecular weight is 278 g/mol. The molecule has 1 amide bonds. The molecular formula is C14H18N2O2S. The lowest BCUT2D eigenvalue weighted by Crippen LogP contribution is -2.35. The third kappa shape index (κ3) is 3.29. The summed E-state index contributed by atoms with van der Waals surface area (Å²) >= 11 is 1.62. The van der Waals surface area contributed by atoms with E-state index in [2.05, 4.69) is 4.99 Å². The van der Waals surface area contributed by atoms with E-state index in [-0.39, 0.29) is 5.91 Å². The molecule has 1 aliphatic heterocycles. The number of carbonyl (C=O) groups is 1. The molecule has 0 saturated heterocycles. The van der Waals surface area contributed by atoms with Crippen LogP contribution in [0.4, 0.5) is 5.69 Å². The fourth-order valence-electron chi connectivity index (χ4n) is 1.91. The van der Waals surface area contributed by atoms with Gasteiger partial charge >= 0.3 is 0 Å². The SMILES string of the molecule is CCOc1ccccc1N(C(C)=O)C1=NCCCS1. The number of para-hydroxylation sites is 2. The lowest BCUT2D eigenvalue weighted by molar-refractivity contribution is -0.115. The average Bonchev–Trinajstić information content (AvgIpc) is 2.42. The number of anilines is 1. The van der Waals surface area contributed by atoms with Crippen LogP contribution < -0.4 is 9.64 Å². The van der Waals surface area contributed by atoms with Crippen LogP contribution >= 0.6 is 11.8 Å². The van der Waals surface area contributed by atoms with Crippen LogP contribution in [0.1, 0.15) is 20.3 Å². The molecule has 2 rings (SSSR count). The molecule has 1 aromatic carbocycles.